The molecule has 0 aliphatic carbocycles. The first-order valence-electron chi connectivity index (χ1n) is 3.42. The van der Waals surface area contributed by atoms with E-state index in [0.29, 0.717) is 0 Å². The molecule has 1 heterocycles. The van der Waals surface area contributed by atoms with Gasteiger partial charge in [0.05, 0.1) is 0 Å². The van der Waals surface area contributed by atoms with Gasteiger partial charge in [-0.1, -0.05) is 0 Å². The SMILES string of the molecule is NC1=NC(=NC(F)(F)F)C(=NC(F)(F)F)S1. The fraction of sp³-hybridized carbons (Fsp3) is 0.400. The Morgan fingerprint density at radius 2 is 1.50 bits per heavy atom. The predicted molar refractivity (Wildman–Crippen MR) is 46.2 cm³/mol. The average molecular weight is 264 g/mol. The molecule has 0 aromatic rings. The molecule has 11 heteroatoms. The van der Waals surface area contributed by atoms with Crippen molar-refractivity contribution < 1.29 is 26.3 Å². The lowest BCUT2D eigenvalue weighted by molar-refractivity contribution is -0.121. The second kappa shape index (κ2) is 3.96. The van der Waals surface area contributed by atoms with E-state index in [2.05, 4.69) is 9.98 Å². The Labute approximate surface area is 88.3 Å². The van der Waals surface area contributed by atoms with Gasteiger partial charge < -0.3 is 5.73 Å². The summed E-state index contributed by atoms with van der Waals surface area (Å²) in [5.41, 5.74) is 4.97. The van der Waals surface area contributed by atoms with Gasteiger partial charge in [-0.15, -0.1) is 26.3 Å². The third-order valence-electron chi connectivity index (χ3n) is 1.07. The number of hydrogen-bond donors (Lipinski definition) is 1. The molecule has 4 nitrogen and oxygen atoms in total. The molecule has 0 bridgehead atoms. The summed E-state index contributed by atoms with van der Waals surface area (Å²) in [6.07, 6.45) is -10.0. The van der Waals surface area contributed by atoms with Crippen LogP contribution in [0.4, 0.5) is 26.3 Å². The monoisotopic (exact) mass is 264 g/mol. The lowest BCUT2D eigenvalue weighted by Gasteiger charge is -2.02. The van der Waals surface area contributed by atoms with E-state index in [4.69, 9.17) is 5.73 Å². The van der Waals surface area contributed by atoms with Crippen LogP contribution < -0.4 is 5.73 Å². The van der Waals surface area contributed by atoms with Gasteiger partial charge >= 0.3 is 12.6 Å². The van der Waals surface area contributed by atoms with E-state index in [0.717, 1.165) is 0 Å². The van der Waals surface area contributed by atoms with E-state index in [1.807, 2.05) is 4.99 Å². The van der Waals surface area contributed by atoms with Crippen LogP contribution in [-0.2, 0) is 0 Å². The normalized spacial score (nSPS) is 23.0. The smallest absolute Gasteiger partial charge is 0.378 e. The number of halogens is 6. The lowest BCUT2D eigenvalue weighted by Crippen LogP contribution is -2.15. The summed E-state index contributed by atoms with van der Waals surface area (Å²) in [6, 6.07) is 0. The molecule has 2 N–H and O–H groups in total. The zero-order valence-corrected chi connectivity index (χ0v) is 7.91. The number of nitrogens with zero attached hydrogens (tertiary/aromatic N) is 3. The van der Waals surface area contributed by atoms with E-state index < -0.39 is 28.6 Å². The summed E-state index contributed by atoms with van der Waals surface area (Å²) >= 11 is 0.168. The van der Waals surface area contributed by atoms with Crippen LogP contribution in [0.1, 0.15) is 0 Å². The Morgan fingerprint density at radius 1 is 1.00 bits per heavy atom. The van der Waals surface area contributed by atoms with Crippen LogP contribution in [0, 0.1) is 0 Å². The maximum atomic E-state index is 11.8. The Balaban J connectivity index is 3.07. The first-order chi connectivity index (χ1) is 7.07. The zero-order chi connectivity index (χ0) is 12.6. The summed E-state index contributed by atoms with van der Waals surface area (Å²) in [6.45, 7) is 0. The maximum Gasteiger partial charge on any atom is 0.505 e. The number of thioether (sulfide) groups is 1. The minimum atomic E-state index is -5.03. The van der Waals surface area contributed by atoms with Gasteiger partial charge in [-0.3, -0.25) is 0 Å². The highest BCUT2D eigenvalue weighted by atomic mass is 32.2. The molecule has 16 heavy (non-hydrogen) atoms. The molecule has 1 rings (SSSR count). The molecule has 0 saturated heterocycles. The minimum absolute atomic E-state index is 0.168. The number of rotatable bonds is 0. The number of amidine groups is 2. The summed E-state index contributed by atoms with van der Waals surface area (Å²) < 4.78 is 70.8. The van der Waals surface area contributed by atoms with Crippen LogP contribution in [-0.4, -0.2) is 28.6 Å². The summed E-state index contributed by atoms with van der Waals surface area (Å²) in [5, 5.41) is -1.51. The van der Waals surface area contributed by atoms with Gasteiger partial charge in [0.1, 0.15) is 0 Å². The topological polar surface area (TPSA) is 63.1 Å². The molecule has 0 aromatic heterocycles. The van der Waals surface area contributed by atoms with Crippen molar-refractivity contribution in [3.05, 3.63) is 0 Å². The van der Waals surface area contributed by atoms with E-state index in [-0.39, 0.29) is 11.8 Å². The highest BCUT2D eigenvalue weighted by molar-refractivity contribution is 8.28. The molecule has 0 aromatic carbocycles. The molecule has 0 radical (unpaired) electrons. The molecule has 90 valence electrons. The second-order valence-corrected chi connectivity index (χ2v) is 3.35. The molecule has 0 unspecified atom stereocenters. The number of nitrogens with two attached hydrogens (primary N) is 1. The van der Waals surface area contributed by atoms with Gasteiger partial charge in [0.25, 0.3) is 0 Å². The van der Waals surface area contributed by atoms with Crippen molar-refractivity contribution in [1.29, 1.82) is 0 Å². The highest BCUT2D eigenvalue weighted by Crippen LogP contribution is 2.26. The molecule has 1 aliphatic heterocycles. The van der Waals surface area contributed by atoms with Crippen LogP contribution >= 0.6 is 11.8 Å². The van der Waals surface area contributed by atoms with E-state index in [9.17, 15) is 26.3 Å². The molecule has 0 spiro atoms. The number of alkyl halides is 6. The third kappa shape index (κ3) is 4.08. The Bertz CT molecular complexity index is 377. The van der Waals surface area contributed by atoms with Crippen molar-refractivity contribution >= 4 is 27.8 Å². The van der Waals surface area contributed by atoms with Crippen LogP contribution in [0.2, 0.25) is 0 Å². The standard InChI is InChI=1S/C5H2F6N4S/c6-4(7,8)14-1-2(15-5(9,10)11)16-3(12)13-1/h(H2,12,13,14). The summed E-state index contributed by atoms with van der Waals surface area (Å²) in [7, 11) is 0. The largest absolute Gasteiger partial charge is 0.505 e. The maximum absolute atomic E-state index is 11.8. The van der Waals surface area contributed by atoms with Crippen LogP contribution in [0.3, 0.4) is 0 Å². The zero-order valence-electron chi connectivity index (χ0n) is 7.10. The molecular weight excluding hydrogens is 262 g/mol. The Kier molecular flexibility index (Phi) is 3.17. The average Bonchev–Trinajstić information content (AvgIpc) is 2.23. The van der Waals surface area contributed by atoms with E-state index in [1.165, 1.54) is 0 Å². The van der Waals surface area contributed by atoms with E-state index in [1.54, 1.807) is 0 Å². The van der Waals surface area contributed by atoms with Gasteiger partial charge in [0.2, 0.25) is 0 Å². The Morgan fingerprint density at radius 3 is 1.94 bits per heavy atom. The quantitative estimate of drug-likeness (QED) is 0.536. The Hall–Kier alpha value is -1.26. The van der Waals surface area contributed by atoms with Gasteiger partial charge in [-0.25, -0.2) is 4.99 Å². The van der Waals surface area contributed by atoms with Crippen molar-refractivity contribution in [2.75, 3.05) is 0 Å². The number of hydrogen-bond acceptors (Lipinski definition) is 4. The minimum Gasteiger partial charge on any atom is -0.378 e. The van der Waals surface area contributed by atoms with Gasteiger partial charge in [0, 0.05) is 0 Å². The summed E-state index contributed by atoms with van der Waals surface area (Å²) in [4.78, 5) is 7.10. The first-order valence-corrected chi connectivity index (χ1v) is 4.24. The molecular formula is C5H2F6N4S. The van der Waals surface area contributed by atoms with Crippen LogP contribution in [0.5, 0.6) is 0 Å². The molecule has 0 amide bonds. The van der Waals surface area contributed by atoms with Crippen molar-refractivity contribution in [2.24, 2.45) is 20.7 Å². The third-order valence-corrected chi connectivity index (χ3v) is 1.84. The van der Waals surface area contributed by atoms with E-state index >= 15 is 0 Å². The fourth-order valence-electron chi connectivity index (χ4n) is 0.701. The molecule has 0 saturated carbocycles. The van der Waals surface area contributed by atoms with Crippen molar-refractivity contribution in [3.63, 3.8) is 0 Å². The van der Waals surface area contributed by atoms with Crippen LogP contribution in [0.15, 0.2) is 15.0 Å². The second-order valence-electron chi connectivity index (χ2n) is 2.34. The predicted octanol–water partition coefficient (Wildman–Crippen LogP) is 1.88. The van der Waals surface area contributed by atoms with Gasteiger partial charge in [-0.05, 0) is 11.8 Å². The lowest BCUT2D eigenvalue weighted by atomic mass is 10.6. The van der Waals surface area contributed by atoms with Crippen LogP contribution in [0.25, 0.3) is 0 Å². The molecule has 1 aliphatic rings. The van der Waals surface area contributed by atoms with Crippen molar-refractivity contribution in [3.8, 4) is 0 Å². The molecule has 0 fully saturated rings. The molecule has 0 atom stereocenters. The van der Waals surface area contributed by atoms with Gasteiger partial charge in [0.15, 0.2) is 16.0 Å². The highest BCUT2D eigenvalue weighted by Gasteiger charge is 2.35. The first kappa shape index (κ1) is 12.8. The van der Waals surface area contributed by atoms with Crippen molar-refractivity contribution in [2.45, 2.75) is 12.6 Å². The fourth-order valence-corrected chi connectivity index (χ4v) is 1.36. The van der Waals surface area contributed by atoms with Crippen molar-refractivity contribution in [1.82, 2.24) is 0 Å². The summed E-state index contributed by atoms with van der Waals surface area (Å²) in [5.74, 6) is -1.19. The van der Waals surface area contributed by atoms with Gasteiger partial charge in [-0.2, -0.15) is 9.98 Å². The number of aliphatic imine (C=N–C) groups is 3.